The van der Waals surface area contributed by atoms with Gasteiger partial charge in [-0.25, -0.2) is 9.97 Å². The van der Waals surface area contributed by atoms with Crippen LogP contribution in [0.25, 0.3) is 0 Å². The van der Waals surface area contributed by atoms with Crippen LogP contribution >= 0.6 is 11.6 Å². The van der Waals surface area contributed by atoms with Crippen LogP contribution in [0.3, 0.4) is 0 Å². The van der Waals surface area contributed by atoms with Crippen molar-refractivity contribution in [1.82, 2.24) is 9.97 Å². The van der Waals surface area contributed by atoms with Crippen LogP contribution < -0.4 is 10.1 Å². The van der Waals surface area contributed by atoms with Crippen molar-refractivity contribution in [1.29, 1.82) is 0 Å². The largest absolute Gasteiger partial charge is 0.475 e. The number of rotatable bonds is 5. The van der Waals surface area contributed by atoms with Gasteiger partial charge in [0.1, 0.15) is 12.1 Å². The van der Waals surface area contributed by atoms with Crippen molar-refractivity contribution in [3.05, 3.63) is 12.4 Å². The zero-order chi connectivity index (χ0) is 13.7. The number of anilines is 1. The summed E-state index contributed by atoms with van der Waals surface area (Å²) < 4.78 is 5.59. The molecule has 0 amide bonds. The van der Waals surface area contributed by atoms with Gasteiger partial charge in [0.15, 0.2) is 0 Å². The number of nitrogens with one attached hydrogen (secondary N) is 1. The van der Waals surface area contributed by atoms with Gasteiger partial charge in [0, 0.05) is 11.9 Å². The van der Waals surface area contributed by atoms with Crippen LogP contribution in [0.2, 0.25) is 0 Å². The topological polar surface area (TPSA) is 47.0 Å². The Balaban J connectivity index is 2.08. The average molecular weight is 284 g/mol. The maximum Gasteiger partial charge on any atom is 0.218 e. The molecule has 0 aromatic carbocycles. The number of hydrogen-bond donors (Lipinski definition) is 1. The van der Waals surface area contributed by atoms with E-state index < -0.39 is 0 Å². The van der Waals surface area contributed by atoms with Gasteiger partial charge < -0.3 is 10.1 Å². The Kier molecular flexibility index (Phi) is 4.86. The second-order valence-corrected chi connectivity index (χ2v) is 5.77. The van der Waals surface area contributed by atoms with Gasteiger partial charge in [-0.2, -0.15) is 0 Å². The molecule has 0 aliphatic heterocycles. The highest BCUT2D eigenvalue weighted by molar-refractivity contribution is 6.18. The van der Waals surface area contributed by atoms with Crippen molar-refractivity contribution >= 4 is 17.4 Å². The zero-order valence-electron chi connectivity index (χ0n) is 11.7. The standard InChI is InChI=1S/C14H22ClN3O/c1-11(2)19-13-8-12(16-10-17-13)18-14(9-15)6-4-3-5-7-14/h8,10-11H,3-7,9H2,1-2H3,(H,16,17,18). The van der Waals surface area contributed by atoms with Gasteiger partial charge in [0.05, 0.1) is 11.6 Å². The molecule has 0 saturated heterocycles. The van der Waals surface area contributed by atoms with Crippen LogP contribution in [0.15, 0.2) is 12.4 Å². The van der Waals surface area contributed by atoms with Crippen molar-refractivity contribution in [2.24, 2.45) is 0 Å². The lowest BCUT2D eigenvalue weighted by Gasteiger charge is -2.36. The first kappa shape index (κ1) is 14.4. The molecule has 2 rings (SSSR count). The molecule has 4 nitrogen and oxygen atoms in total. The molecular weight excluding hydrogens is 262 g/mol. The summed E-state index contributed by atoms with van der Waals surface area (Å²) in [6.45, 7) is 3.97. The molecule has 0 atom stereocenters. The Morgan fingerprint density at radius 2 is 2.05 bits per heavy atom. The molecule has 106 valence electrons. The van der Waals surface area contributed by atoms with E-state index in [9.17, 15) is 0 Å². The summed E-state index contributed by atoms with van der Waals surface area (Å²) in [7, 11) is 0. The fourth-order valence-electron chi connectivity index (χ4n) is 2.51. The van der Waals surface area contributed by atoms with E-state index in [4.69, 9.17) is 16.3 Å². The minimum Gasteiger partial charge on any atom is -0.475 e. The van der Waals surface area contributed by atoms with Crippen LogP contribution in [0.4, 0.5) is 5.82 Å². The number of nitrogens with zero attached hydrogens (tertiary/aromatic N) is 2. The first-order chi connectivity index (χ1) is 9.13. The summed E-state index contributed by atoms with van der Waals surface area (Å²) in [6, 6.07) is 1.85. The predicted molar refractivity (Wildman–Crippen MR) is 78.0 cm³/mol. The van der Waals surface area contributed by atoms with Gasteiger partial charge in [0.2, 0.25) is 5.88 Å². The molecule has 1 aliphatic rings. The quantitative estimate of drug-likeness (QED) is 0.839. The van der Waals surface area contributed by atoms with Gasteiger partial charge in [-0.3, -0.25) is 0 Å². The molecule has 0 unspecified atom stereocenters. The minimum atomic E-state index is -0.0245. The zero-order valence-corrected chi connectivity index (χ0v) is 12.4. The van der Waals surface area contributed by atoms with Gasteiger partial charge in [0.25, 0.3) is 0 Å². The molecule has 0 radical (unpaired) electrons. The number of hydrogen-bond acceptors (Lipinski definition) is 4. The van der Waals surface area contributed by atoms with E-state index in [2.05, 4.69) is 15.3 Å². The highest BCUT2D eigenvalue weighted by Crippen LogP contribution is 2.32. The summed E-state index contributed by atoms with van der Waals surface area (Å²) in [5, 5.41) is 3.49. The molecule has 5 heteroatoms. The third-order valence-corrected chi connectivity index (χ3v) is 3.97. The van der Waals surface area contributed by atoms with Gasteiger partial charge >= 0.3 is 0 Å². The lowest BCUT2D eigenvalue weighted by molar-refractivity contribution is 0.232. The van der Waals surface area contributed by atoms with Crippen LogP contribution in [-0.4, -0.2) is 27.5 Å². The van der Waals surface area contributed by atoms with Crippen LogP contribution in [0.1, 0.15) is 46.0 Å². The Morgan fingerprint density at radius 3 is 2.68 bits per heavy atom. The molecule has 19 heavy (non-hydrogen) atoms. The highest BCUT2D eigenvalue weighted by atomic mass is 35.5. The average Bonchev–Trinajstić information content (AvgIpc) is 2.39. The third kappa shape index (κ3) is 3.96. The molecule has 1 heterocycles. The summed E-state index contributed by atoms with van der Waals surface area (Å²) in [6.07, 6.45) is 7.58. The second kappa shape index (κ2) is 6.42. The van der Waals surface area contributed by atoms with E-state index in [1.54, 1.807) is 0 Å². The van der Waals surface area contributed by atoms with Crippen molar-refractivity contribution in [2.45, 2.75) is 57.6 Å². The molecular formula is C14H22ClN3O. The first-order valence-electron chi connectivity index (χ1n) is 6.96. The fraction of sp³-hybridized carbons (Fsp3) is 0.714. The molecule has 0 bridgehead atoms. The van der Waals surface area contributed by atoms with E-state index in [-0.39, 0.29) is 11.6 Å². The Labute approximate surface area is 119 Å². The normalized spacial score (nSPS) is 18.3. The number of alkyl halides is 1. The van der Waals surface area contributed by atoms with E-state index in [1.807, 2.05) is 19.9 Å². The molecule has 1 N–H and O–H groups in total. The Hall–Kier alpha value is -1.03. The molecule has 1 fully saturated rings. The Morgan fingerprint density at radius 1 is 1.32 bits per heavy atom. The first-order valence-corrected chi connectivity index (χ1v) is 7.50. The SMILES string of the molecule is CC(C)Oc1cc(NC2(CCl)CCCCC2)ncn1. The predicted octanol–water partition coefficient (Wildman–Crippen LogP) is 3.62. The third-order valence-electron chi connectivity index (χ3n) is 3.46. The molecule has 1 aromatic heterocycles. The van der Waals surface area contributed by atoms with Gasteiger partial charge in [-0.15, -0.1) is 11.6 Å². The summed E-state index contributed by atoms with van der Waals surface area (Å²) in [5.74, 6) is 2.01. The van der Waals surface area contributed by atoms with E-state index in [1.165, 1.54) is 25.6 Å². The lowest BCUT2D eigenvalue weighted by atomic mass is 9.83. The smallest absolute Gasteiger partial charge is 0.218 e. The van der Waals surface area contributed by atoms with Crippen LogP contribution in [0, 0.1) is 0 Å². The van der Waals surface area contributed by atoms with Crippen LogP contribution in [0.5, 0.6) is 5.88 Å². The monoisotopic (exact) mass is 283 g/mol. The van der Waals surface area contributed by atoms with Gasteiger partial charge in [-0.05, 0) is 26.7 Å². The van der Waals surface area contributed by atoms with Crippen molar-refractivity contribution < 1.29 is 4.74 Å². The molecule has 1 aliphatic carbocycles. The van der Waals surface area contributed by atoms with E-state index >= 15 is 0 Å². The maximum absolute atomic E-state index is 6.17. The molecule has 1 saturated carbocycles. The van der Waals surface area contributed by atoms with Crippen molar-refractivity contribution in [3.8, 4) is 5.88 Å². The number of aromatic nitrogens is 2. The van der Waals surface area contributed by atoms with Crippen molar-refractivity contribution in [2.75, 3.05) is 11.2 Å². The van der Waals surface area contributed by atoms with Gasteiger partial charge in [-0.1, -0.05) is 19.3 Å². The minimum absolute atomic E-state index is 0.0245. The van der Waals surface area contributed by atoms with E-state index in [0.717, 1.165) is 18.7 Å². The van der Waals surface area contributed by atoms with Crippen LogP contribution in [-0.2, 0) is 0 Å². The van der Waals surface area contributed by atoms with Crippen molar-refractivity contribution in [3.63, 3.8) is 0 Å². The summed E-state index contributed by atoms with van der Waals surface area (Å²) in [4.78, 5) is 8.39. The second-order valence-electron chi connectivity index (χ2n) is 5.51. The molecule has 1 aromatic rings. The fourth-order valence-corrected chi connectivity index (χ4v) is 2.84. The Bertz CT molecular complexity index is 405. The molecule has 0 spiro atoms. The maximum atomic E-state index is 6.17. The van der Waals surface area contributed by atoms with E-state index in [0.29, 0.717) is 11.8 Å². The number of halogens is 1. The summed E-state index contributed by atoms with van der Waals surface area (Å²) in [5.41, 5.74) is -0.0245. The highest BCUT2D eigenvalue weighted by Gasteiger charge is 2.31. The number of ether oxygens (including phenoxy) is 1. The summed E-state index contributed by atoms with van der Waals surface area (Å²) >= 11 is 6.17. The lowest BCUT2D eigenvalue weighted by Crippen LogP contribution is -2.42.